The number of nitrogens with zero attached hydrogens (tertiary/aromatic N) is 1. The lowest BCUT2D eigenvalue weighted by Crippen LogP contribution is -2.18. The van der Waals surface area contributed by atoms with Crippen LogP contribution in [-0.4, -0.2) is 17.1 Å². The molecule has 2 aromatic rings. The van der Waals surface area contributed by atoms with E-state index in [9.17, 15) is 0 Å². The van der Waals surface area contributed by atoms with Gasteiger partial charge in [0, 0.05) is 23.5 Å². The van der Waals surface area contributed by atoms with E-state index in [1.807, 2.05) is 45.0 Å². The standard InChI is InChI=1S/C15H20N2O/c1-10(2)18-14-6-7-15-12(9-14)4-5-13(17-15)8-11(3)16/h4-7,9-11H,8,16H2,1-3H3. The predicted molar refractivity (Wildman–Crippen MR) is 74.9 cm³/mol. The van der Waals surface area contributed by atoms with Gasteiger partial charge in [-0.25, -0.2) is 0 Å². The Labute approximate surface area is 108 Å². The van der Waals surface area contributed by atoms with Crippen LogP contribution in [0.4, 0.5) is 0 Å². The van der Waals surface area contributed by atoms with Crippen molar-refractivity contribution in [3.05, 3.63) is 36.0 Å². The maximum absolute atomic E-state index is 5.79. The van der Waals surface area contributed by atoms with E-state index >= 15 is 0 Å². The molecule has 1 aromatic carbocycles. The average molecular weight is 244 g/mol. The first-order valence-electron chi connectivity index (χ1n) is 6.36. The third-order valence-electron chi connectivity index (χ3n) is 2.62. The monoisotopic (exact) mass is 244 g/mol. The summed E-state index contributed by atoms with van der Waals surface area (Å²) in [7, 11) is 0. The molecule has 3 heteroatoms. The second kappa shape index (κ2) is 5.36. The van der Waals surface area contributed by atoms with E-state index in [0.717, 1.165) is 28.8 Å². The fourth-order valence-corrected chi connectivity index (χ4v) is 1.93. The molecule has 1 unspecified atom stereocenters. The summed E-state index contributed by atoms with van der Waals surface area (Å²) in [5, 5.41) is 1.10. The van der Waals surface area contributed by atoms with Gasteiger partial charge in [-0.3, -0.25) is 4.98 Å². The summed E-state index contributed by atoms with van der Waals surface area (Å²) in [4.78, 5) is 4.60. The lowest BCUT2D eigenvalue weighted by Gasteiger charge is -2.11. The Balaban J connectivity index is 2.30. The fraction of sp³-hybridized carbons (Fsp3) is 0.400. The van der Waals surface area contributed by atoms with Gasteiger partial charge in [0.15, 0.2) is 0 Å². The van der Waals surface area contributed by atoms with Crippen molar-refractivity contribution in [2.24, 2.45) is 5.73 Å². The molecule has 18 heavy (non-hydrogen) atoms. The summed E-state index contributed by atoms with van der Waals surface area (Å²) >= 11 is 0. The van der Waals surface area contributed by atoms with E-state index in [2.05, 4.69) is 11.1 Å². The van der Waals surface area contributed by atoms with Gasteiger partial charge in [0.2, 0.25) is 0 Å². The van der Waals surface area contributed by atoms with Gasteiger partial charge in [0.1, 0.15) is 5.75 Å². The molecule has 0 aliphatic rings. The van der Waals surface area contributed by atoms with Crippen LogP contribution in [0.2, 0.25) is 0 Å². The molecule has 3 nitrogen and oxygen atoms in total. The zero-order valence-corrected chi connectivity index (χ0v) is 11.2. The Morgan fingerprint density at radius 2 is 1.94 bits per heavy atom. The van der Waals surface area contributed by atoms with Crippen LogP contribution in [0.3, 0.4) is 0 Å². The van der Waals surface area contributed by atoms with Crippen molar-refractivity contribution in [3.8, 4) is 5.75 Å². The second-order valence-corrected chi connectivity index (χ2v) is 5.01. The molecular formula is C15H20N2O. The van der Waals surface area contributed by atoms with Crippen molar-refractivity contribution in [1.82, 2.24) is 4.98 Å². The van der Waals surface area contributed by atoms with Crippen molar-refractivity contribution < 1.29 is 4.74 Å². The van der Waals surface area contributed by atoms with Gasteiger partial charge < -0.3 is 10.5 Å². The van der Waals surface area contributed by atoms with Gasteiger partial charge in [-0.15, -0.1) is 0 Å². The molecule has 1 heterocycles. The van der Waals surface area contributed by atoms with Crippen LogP contribution in [0.5, 0.6) is 5.75 Å². The molecule has 0 fully saturated rings. The van der Waals surface area contributed by atoms with Crippen molar-refractivity contribution in [2.45, 2.75) is 39.3 Å². The van der Waals surface area contributed by atoms with E-state index < -0.39 is 0 Å². The summed E-state index contributed by atoms with van der Waals surface area (Å²) < 4.78 is 5.67. The van der Waals surface area contributed by atoms with Crippen molar-refractivity contribution >= 4 is 10.9 Å². The first-order chi connectivity index (χ1) is 8.54. The first-order valence-corrected chi connectivity index (χ1v) is 6.36. The number of ether oxygens (including phenoxy) is 1. The average Bonchev–Trinajstić information content (AvgIpc) is 2.27. The molecular weight excluding hydrogens is 224 g/mol. The largest absolute Gasteiger partial charge is 0.491 e. The van der Waals surface area contributed by atoms with Crippen LogP contribution in [0.25, 0.3) is 10.9 Å². The normalized spacial score (nSPS) is 12.9. The van der Waals surface area contributed by atoms with Gasteiger partial charge in [-0.1, -0.05) is 6.07 Å². The van der Waals surface area contributed by atoms with Crippen LogP contribution in [-0.2, 0) is 6.42 Å². The molecule has 2 rings (SSSR count). The molecule has 96 valence electrons. The zero-order valence-electron chi connectivity index (χ0n) is 11.2. The van der Waals surface area contributed by atoms with Crippen LogP contribution >= 0.6 is 0 Å². The van der Waals surface area contributed by atoms with Crippen LogP contribution in [0.15, 0.2) is 30.3 Å². The third kappa shape index (κ3) is 3.20. The van der Waals surface area contributed by atoms with Crippen molar-refractivity contribution in [1.29, 1.82) is 0 Å². The summed E-state index contributed by atoms with van der Waals surface area (Å²) in [6, 6.07) is 10.2. The number of aromatic nitrogens is 1. The molecule has 0 saturated carbocycles. The molecule has 2 N–H and O–H groups in total. The number of nitrogens with two attached hydrogens (primary N) is 1. The highest BCUT2D eigenvalue weighted by Crippen LogP contribution is 2.21. The third-order valence-corrected chi connectivity index (χ3v) is 2.62. The van der Waals surface area contributed by atoms with Gasteiger partial charge in [0.05, 0.1) is 11.6 Å². The van der Waals surface area contributed by atoms with Crippen LogP contribution < -0.4 is 10.5 Å². The molecule has 1 aromatic heterocycles. The molecule has 0 amide bonds. The summed E-state index contributed by atoms with van der Waals surface area (Å²) in [6.07, 6.45) is 0.993. The summed E-state index contributed by atoms with van der Waals surface area (Å²) in [5.74, 6) is 0.888. The SMILES string of the molecule is CC(N)Cc1ccc2cc(OC(C)C)ccc2n1. The molecule has 0 bridgehead atoms. The summed E-state index contributed by atoms with van der Waals surface area (Å²) in [6.45, 7) is 6.04. The van der Waals surface area contributed by atoms with Gasteiger partial charge in [-0.2, -0.15) is 0 Å². The molecule has 0 spiro atoms. The highest BCUT2D eigenvalue weighted by atomic mass is 16.5. The predicted octanol–water partition coefficient (Wildman–Crippen LogP) is 2.91. The Morgan fingerprint density at radius 1 is 1.17 bits per heavy atom. The zero-order chi connectivity index (χ0) is 13.1. The van der Waals surface area contributed by atoms with E-state index in [0.29, 0.717) is 0 Å². The minimum absolute atomic E-state index is 0.137. The van der Waals surface area contributed by atoms with Crippen LogP contribution in [0, 0.1) is 0 Å². The van der Waals surface area contributed by atoms with E-state index in [1.54, 1.807) is 0 Å². The molecule has 0 saturated heterocycles. The number of hydrogen-bond acceptors (Lipinski definition) is 3. The minimum atomic E-state index is 0.137. The molecule has 1 atom stereocenters. The van der Waals surface area contributed by atoms with E-state index in [-0.39, 0.29) is 12.1 Å². The second-order valence-electron chi connectivity index (χ2n) is 5.01. The lowest BCUT2D eigenvalue weighted by atomic mass is 10.1. The fourth-order valence-electron chi connectivity index (χ4n) is 1.93. The van der Waals surface area contributed by atoms with Gasteiger partial charge >= 0.3 is 0 Å². The quantitative estimate of drug-likeness (QED) is 0.899. The summed E-state index contributed by atoms with van der Waals surface area (Å²) in [5.41, 5.74) is 7.81. The molecule has 0 aliphatic carbocycles. The van der Waals surface area contributed by atoms with E-state index in [4.69, 9.17) is 10.5 Å². The number of rotatable bonds is 4. The minimum Gasteiger partial charge on any atom is -0.491 e. The Kier molecular flexibility index (Phi) is 3.82. The maximum Gasteiger partial charge on any atom is 0.120 e. The van der Waals surface area contributed by atoms with Gasteiger partial charge in [-0.05, 0) is 45.0 Å². The first kappa shape index (κ1) is 12.8. The topological polar surface area (TPSA) is 48.1 Å². The Morgan fingerprint density at radius 3 is 2.61 bits per heavy atom. The number of hydrogen-bond donors (Lipinski definition) is 1. The smallest absolute Gasteiger partial charge is 0.120 e. The highest BCUT2D eigenvalue weighted by Gasteiger charge is 2.04. The Bertz CT molecular complexity index is 486. The van der Waals surface area contributed by atoms with E-state index in [1.165, 1.54) is 0 Å². The highest BCUT2D eigenvalue weighted by molar-refractivity contribution is 5.80. The van der Waals surface area contributed by atoms with Crippen molar-refractivity contribution in [2.75, 3.05) is 0 Å². The molecule has 0 radical (unpaired) electrons. The maximum atomic E-state index is 5.79. The lowest BCUT2D eigenvalue weighted by molar-refractivity contribution is 0.243. The van der Waals surface area contributed by atoms with Crippen LogP contribution in [0.1, 0.15) is 26.5 Å². The number of pyridine rings is 1. The van der Waals surface area contributed by atoms with Gasteiger partial charge in [0.25, 0.3) is 0 Å². The number of benzene rings is 1. The van der Waals surface area contributed by atoms with Crippen molar-refractivity contribution in [3.63, 3.8) is 0 Å². The Hall–Kier alpha value is -1.61. The molecule has 0 aliphatic heterocycles. The number of fused-ring (bicyclic) bond motifs is 1.